The molecule has 0 atom stereocenters. The van der Waals surface area contributed by atoms with Crippen molar-refractivity contribution in [3.8, 4) is 0 Å². The van der Waals surface area contributed by atoms with Gasteiger partial charge in [0.1, 0.15) is 4.88 Å². The maximum Gasteiger partial charge on any atom is 0.263 e. The number of benzene rings is 1. The van der Waals surface area contributed by atoms with E-state index in [4.69, 9.17) is 5.73 Å². The average Bonchev–Trinajstić information content (AvgIpc) is 3.13. The molecule has 1 aliphatic rings. The molecule has 1 aromatic heterocycles. The Morgan fingerprint density at radius 2 is 2.26 bits per heavy atom. The first-order valence-corrected chi connectivity index (χ1v) is 8.02. The standard InChI is InChI=1S/C14H15BrN2OS/c15-9-2-1-3-10-11(9)12(16)13(19-10)14(18)17-7-6-8-4-5-8/h1-3,8H,4-7,16H2,(H,17,18). The van der Waals surface area contributed by atoms with Crippen LogP contribution in [0.4, 0.5) is 5.69 Å². The summed E-state index contributed by atoms with van der Waals surface area (Å²) in [6.45, 7) is 0.748. The summed E-state index contributed by atoms with van der Waals surface area (Å²) < 4.78 is 1.98. The molecule has 0 spiro atoms. The Morgan fingerprint density at radius 3 is 2.95 bits per heavy atom. The lowest BCUT2D eigenvalue weighted by Crippen LogP contribution is -2.24. The first-order valence-electron chi connectivity index (χ1n) is 6.41. The number of nitrogens with one attached hydrogen (secondary N) is 1. The molecule has 3 rings (SSSR count). The van der Waals surface area contributed by atoms with Gasteiger partial charge >= 0.3 is 0 Å². The first kappa shape index (κ1) is 12.9. The molecule has 0 bridgehead atoms. The fraction of sp³-hybridized carbons (Fsp3) is 0.357. The van der Waals surface area contributed by atoms with E-state index in [0.29, 0.717) is 10.6 Å². The minimum Gasteiger partial charge on any atom is -0.397 e. The van der Waals surface area contributed by atoms with Crippen LogP contribution in [0.25, 0.3) is 10.1 Å². The topological polar surface area (TPSA) is 55.1 Å². The van der Waals surface area contributed by atoms with E-state index in [1.54, 1.807) is 0 Å². The molecule has 3 nitrogen and oxygen atoms in total. The third kappa shape index (κ3) is 2.62. The maximum atomic E-state index is 12.2. The number of fused-ring (bicyclic) bond motifs is 1. The zero-order valence-electron chi connectivity index (χ0n) is 10.4. The zero-order valence-corrected chi connectivity index (χ0v) is 12.8. The molecular formula is C14H15BrN2OS. The highest BCUT2D eigenvalue weighted by Gasteiger charge is 2.22. The van der Waals surface area contributed by atoms with Gasteiger partial charge in [0.15, 0.2) is 0 Å². The van der Waals surface area contributed by atoms with Crippen molar-refractivity contribution in [1.82, 2.24) is 5.32 Å². The number of nitrogens with two attached hydrogens (primary N) is 1. The summed E-state index contributed by atoms with van der Waals surface area (Å²) in [5, 5.41) is 3.91. The number of nitrogen functional groups attached to an aromatic ring is 1. The van der Waals surface area contributed by atoms with Crippen LogP contribution in [0.1, 0.15) is 28.9 Å². The van der Waals surface area contributed by atoms with Gasteiger partial charge in [0, 0.05) is 21.1 Å². The molecule has 100 valence electrons. The lowest BCUT2D eigenvalue weighted by molar-refractivity contribution is 0.0957. The van der Waals surface area contributed by atoms with Crippen LogP contribution in [0.15, 0.2) is 22.7 Å². The number of hydrogen-bond donors (Lipinski definition) is 2. The SMILES string of the molecule is Nc1c(C(=O)NCCC2CC2)sc2cccc(Br)c12. The number of rotatable bonds is 4. The van der Waals surface area contributed by atoms with Crippen molar-refractivity contribution >= 4 is 48.9 Å². The van der Waals surface area contributed by atoms with Crippen molar-refractivity contribution in [2.24, 2.45) is 5.92 Å². The number of carbonyl (C=O) groups excluding carboxylic acids is 1. The normalized spacial score (nSPS) is 14.8. The van der Waals surface area contributed by atoms with Crippen molar-refractivity contribution in [1.29, 1.82) is 0 Å². The van der Waals surface area contributed by atoms with E-state index in [9.17, 15) is 4.79 Å². The van der Waals surface area contributed by atoms with Crippen LogP contribution in [-0.2, 0) is 0 Å². The summed E-state index contributed by atoms with van der Waals surface area (Å²) in [7, 11) is 0. The molecule has 1 heterocycles. The minimum absolute atomic E-state index is 0.0498. The van der Waals surface area contributed by atoms with Crippen LogP contribution >= 0.6 is 27.3 Å². The van der Waals surface area contributed by atoms with Crippen LogP contribution in [0.2, 0.25) is 0 Å². The summed E-state index contributed by atoms with van der Waals surface area (Å²) >= 11 is 4.94. The van der Waals surface area contributed by atoms with Crippen LogP contribution < -0.4 is 11.1 Å². The molecule has 5 heteroatoms. The van der Waals surface area contributed by atoms with Crippen LogP contribution in [0.5, 0.6) is 0 Å². The summed E-state index contributed by atoms with van der Waals surface area (Å²) in [6.07, 6.45) is 3.71. The number of thiophene rings is 1. The Bertz CT molecular complexity index is 634. The van der Waals surface area contributed by atoms with Gasteiger partial charge in [-0.2, -0.15) is 0 Å². The Labute approximate surface area is 124 Å². The Morgan fingerprint density at radius 1 is 1.47 bits per heavy atom. The summed E-state index contributed by atoms with van der Waals surface area (Å²) in [4.78, 5) is 12.8. The van der Waals surface area contributed by atoms with E-state index in [-0.39, 0.29) is 5.91 Å². The Balaban J connectivity index is 1.81. The van der Waals surface area contributed by atoms with Gasteiger partial charge in [-0.05, 0) is 24.5 Å². The van der Waals surface area contributed by atoms with E-state index < -0.39 is 0 Å². The third-order valence-electron chi connectivity index (χ3n) is 3.44. The summed E-state index contributed by atoms with van der Waals surface area (Å²) in [5.74, 6) is 0.778. The number of amides is 1. The van der Waals surface area contributed by atoms with E-state index >= 15 is 0 Å². The fourth-order valence-electron chi connectivity index (χ4n) is 2.17. The average molecular weight is 339 g/mol. The quantitative estimate of drug-likeness (QED) is 0.891. The lowest BCUT2D eigenvalue weighted by Gasteiger charge is -2.03. The summed E-state index contributed by atoms with van der Waals surface area (Å²) in [6, 6.07) is 5.89. The van der Waals surface area contributed by atoms with Crippen LogP contribution in [-0.4, -0.2) is 12.5 Å². The highest BCUT2D eigenvalue weighted by molar-refractivity contribution is 9.10. The second-order valence-corrected chi connectivity index (χ2v) is 6.85. The highest BCUT2D eigenvalue weighted by Crippen LogP contribution is 2.38. The van der Waals surface area contributed by atoms with Gasteiger partial charge in [0.25, 0.3) is 5.91 Å². The molecule has 1 saturated carbocycles. The number of anilines is 1. The van der Waals surface area contributed by atoms with E-state index in [0.717, 1.165) is 33.4 Å². The van der Waals surface area contributed by atoms with Crippen LogP contribution in [0.3, 0.4) is 0 Å². The van der Waals surface area contributed by atoms with Gasteiger partial charge < -0.3 is 11.1 Å². The molecular weight excluding hydrogens is 324 g/mol. The minimum atomic E-state index is -0.0498. The Kier molecular flexibility index (Phi) is 3.50. The zero-order chi connectivity index (χ0) is 13.4. The largest absolute Gasteiger partial charge is 0.397 e. The van der Waals surface area contributed by atoms with Crippen molar-refractivity contribution < 1.29 is 4.79 Å². The van der Waals surface area contributed by atoms with Gasteiger partial charge in [-0.15, -0.1) is 11.3 Å². The molecule has 0 saturated heterocycles. The van der Waals surface area contributed by atoms with Crippen molar-refractivity contribution in [3.63, 3.8) is 0 Å². The molecule has 19 heavy (non-hydrogen) atoms. The monoisotopic (exact) mass is 338 g/mol. The fourth-order valence-corrected chi connectivity index (χ4v) is 3.95. The second-order valence-electron chi connectivity index (χ2n) is 4.95. The molecule has 0 aliphatic heterocycles. The summed E-state index contributed by atoms with van der Waals surface area (Å²) in [5.41, 5.74) is 6.68. The number of hydrogen-bond acceptors (Lipinski definition) is 3. The molecule has 0 radical (unpaired) electrons. The van der Waals surface area contributed by atoms with E-state index in [2.05, 4.69) is 21.2 Å². The molecule has 1 aliphatic carbocycles. The van der Waals surface area contributed by atoms with Gasteiger partial charge in [0.05, 0.1) is 5.69 Å². The lowest BCUT2D eigenvalue weighted by atomic mass is 10.2. The van der Waals surface area contributed by atoms with Gasteiger partial charge in [0.2, 0.25) is 0 Å². The van der Waals surface area contributed by atoms with Crippen molar-refractivity contribution in [3.05, 3.63) is 27.5 Å². The molecule has 0 unspecified atom stereocenters. The highest BCUT2D eigenvalue weighted by atomic mass is 79.9. The predicted molar refractivity (Wildman–Crippen MR) is 83.6 cm³/mol. The molecule has 1 aromatic carbocycles. The molecule has 1 amide bonds. The van der Waals surface area contributed by atoms with Gasteiger partial charge in [-0.3, -0.25) is 4.79 Å². The first-order chi connectivity index (χ1) is 9.16. The second kappa shape index (κ2) is 5.13. The predicted octanol–water partition coefficient (Wildman–Crippen LogP) is 3.78. The van der Waals surface area contributed by atoms with Crippen LogP contribution in [0, 0.1) is 5.92 Å². The number of halogens is 1. The van der Waals surface area contributed by atoms with E-state index in [1.807, 2.05) is 18.2 Å². The number of carbonyl (C=O) groups is 1. The van der Waals surface area contributed by atoms with Gasteiger partial charge in [-0.25, -0.2) is 0 Å². The molecule has 1 fully saturated rings. The smallest absolute Gasteiger partial charge is 0.263 e. The third-order valence-corrected chi connectivity index (χ3v) is 5.27. The van der Waals surface area contributed by atoms with Gasteiger partial charge in [-0.1, -0.05) is 34.8 Å². The van der Waals surface area contributed by atoms with Crippen molar-refractivity contribution in [2.75, 3.05) is 12.3 Å². The molecule has 3 N–H and O–H groups in total. The van der Waals surface area contributed by atoms with Crippen molar-refractivity contribution in [2.45, 2.75) is 19.3 Å². The van der Waals surface area contributed by atoms with E-state index in [1.165, 1.54) is 24.2 Å². The maximum absolute atomic E-state index is 12.2. The Hall–Kier alpha value is -1.07. The molecule has 2 aromatic rings.